The number of aromatic amines is 1. The van der Waals surface area contributed by atoms with Crippen LogP contribution in [-0.2, 0) is 0 Å². The fourth-order valence-corrected chi connectivity index (χ4v) is 1.62. The normalized spacial score (nSPS) is 10.2. The summed E-state index contributed by atoms with van der Waals surface area (Å²) in [6.45, 7) is 2.70. The molecule has 88 valence electrons. The highest BCUT2D eigenvalue weighted by Gasteiger charge is 2.13. The van der Waals surface area contributed by atoms with Crippen LogP contribution in [0.5, 0.6) is 0 Å². The molecular formula is C13H15N3O. The minimum Gasteiger partial charge on any atom is -0.352 e. The number of amides is 1. The number of aromatic nitrogens is 2. The van der Waals surface area contributed by atoms with Crippen molar-refractivity contribution in [1.29, 1.82) is 0 Å². The summed E-state index contributed by atoms with van der Waals surface area (Å²) in [6.07, 6.45) is 2.48. The van der Waals surface area contributed by atoms with Crippen molar-refractivity contribution in [3.63, 3.8) is 0 Å². The van der Waals surface area contributed by atoms with Gasteiger partial charge in [-0.15, -0.1) is 0 Å². The van der Waals surface area contributed by atoms with E-state index in [1.807, 2.05) is 37.3 Å². The molecule has 0 saturated heterocycles. The lowest BCUT2D eigenvalue weighted by molar-refractivity contribution is 0.0954. The van der Waals surface area contributed by atoms with E-state index in [0.717, 1.165) is 17.7 Å². The van der Waals surface area contributed by atoms with Crippen molar-refractivity contribution in [2.45, 2.75) is 13.3 Å². The van der Waals surface area contributed by atoms with Crippen LogP contribution in [-0.4, -0.2) is 22.6 Å². The van der Waals surface area contributed by atoms with Gasteiger partial charge in [0.1, 0.15) is 0 Å². The van der Waals surface area contributed by atoms with Gasteiger partial charge in [0.25, 0.3) is 5.91 Å². The van der Waals surface area contributed by atoms with Gasteiger partial charge >= 0.3 is 0 Å². The number of nitrogens with zero attached hydrogens (tertiary/aromatic N) is 1. The molecule has 0 unspecified atom stereocenters. The molecule has 1 aromatic carbocycles. The van der Waals surface area contributed by atoms with Crippen molar-refractivity contribution in [2.24, 2.45) is 0 Å². The molecule has 1 amide bonds. The van der Waals surface area contributed by atoms with E-state index >= 15 is 0 Å². The Labute approximate surface area is 100 Å². The van der Waals surface area contributed by atoms with E-state index in [4.69, 9.17) is 0 Å². The summed E-state index contributed by atoms with van der Waals surface area (Å²) in [5.74, 6) is -0.0838. The number of benzene rings is 1. The maximum absolute atomic E-state index is 11.9. The third-order valence-electron chi connectivity index (χ3n) is 2.48. The molecule has 1 heterocycles. The molecular weight excluding hydrogens is 214 g/mol. The Bertz CT molecular complexity index is 490. The lowest BCUT2D eigenvalue weighted by Gasteiger charge is -2.04. The van der Waals surface area contributed by atoms with Crippen LogP contribution in [0.15, 0.2) is 36.5 Å². The van der Waals surface area contributed by atoms with E-state index in [2.05, 4.69) is 15.5 Å². The monoisotopic (exact) mass is 229 g/mol. The second-order valence-electron chi connectivity index (χ2n) is 3.78. The topological polar surface area (TPSA) is 57.8 Å². The van der Waals surface area contributed by atoms with Crippen LogP contribution in [0.25, 0.3) is 11.3 Å². The molecule has 0 saturated carbocycles. The van der Waals surface area contributed by atoms with Crippen molar-refractivity contribution in [3.05, 3.63) is 42.1 Å². The molecule has 0 aliphatic heterocycles. The van der Waals surface area contributed by atoms with Crippen LogP contribution in [0.4, 0.5) is 0 Å². The fraction of sp³-hybridized carbons (Fsp3) is 0.231. The zero-order chi connectivity index (χ0) is 12.1. The highest BCUT2D eigenvalue weighted by Crippen LogP contribution is 2.20. The maximum Gasteiger partial charge on any atom is 0.255 e. The molecule has 0 aliphatic carbocycles. The Morgan fingerprint density at radius 2 is 2.12 bits per heavy atom. The van der Waals surface area contributed by atoms with E-state index in [1.54, 1.807) is 6.20 Å². The number of nitrogens with one attached hydrogen (secondary N) is 2. The number of rotatable bonds is 4. The van der Waals surface area contributed by atoms with Gasteiger partial charge in [-0.2, -0.15) is 5.10 Å². The molecule has 4 heteroatoms. The SMILES string of the molecule is CCCNC(=O)c1cn[nH]c1-c1ccccc1. The molecule has 1 aromatic heterocycles. The van der Waals surface area contributed by atoms with E-state index in [-0.39, 0.29) is 5.91 Å². The summed E-state index contributed by atoms with van der Waals surface area (Å²) >= 11 is 0. The van der Waals surface area contributed by atoms with E-state index in [0.29, 0.717) is 12.1 Å². The molecule has 4 nitrogen and oxygen atoms in total. The highest BCUT2D eigenvalue weighted by atomic mass is 16.1. The Balaban J connectivity index is 2.26. The zero-order valence-electron chi connectivity index (χ0n) is 9.73. The molecule has 0 aliphatic rings. The van der Waals surface area contributed by atoms with Gasteiger partial charge in [-0.1, -0.05) is 37.3 Å². The van der Waals surface area contributed by atoms with Crippen LogP contribution in [0, 0.1) is 0 Å². The van der Waals surface area contributed by atoms with Gasteiger partial charge in [-0.05, 0) is 6.42 Å². The Hall–Kier alpha value is -2.10. The summed E-state index contributed by atoms with van der Waals surface area (Å²) in [5, 5.41) is 9.66. The second-order valence-corrected chi connectivity index (χ2v) is 3.78. The van der Waals surface area contributed by atoms with Crippen LogP contribution in [0.1, 0.15) is 23.7 Å². The third kappa shape index (κ3) is 2.53. The average Bonchev–Trinajstić information content (AvgIpc) is 2.86. The minimum atomic E-state index is -0.0838. The smallest absolute Gasteiger partial charge is 0.255 e. The first-order valence-electron chi connectivity index (χ1n) is 5.70. The summed E-state index contributed by atoms with van der Waals surface area (Å²) < 4.78 is 0. The first-order chi connectivity index (χ1) is 8.33. The second kappa shape index (κ2) is 5.30. The number of carbonyl (C=O) groups excluding carboxylic acids is 1. The summed E-state index contributed by atoms with van der Waals surface area (Å²) in [7, 11) is 0. The van der Waals surface area contributed by atoms with E-state index in [1.165, 1.54) is 0 Å². The summed E-state index contributed by atoms with van der Waals surface area (Å²) in [6, 6.07) is 9.71. The van der Waals surface area contributed by atoms with Gasteiger partial charge in [0.15, 0.2) is 0 Å². The van der Waals surface area contributed by atoms with Gasteiger partial charge in [0, 0.05) is 12.1 Å². The molecule has 17 heavy (non-hydrogen) atoms. The molecule has 2 N–H and O–H groups in total. The number of H-pyrrole nitrogens is 1. The first-order valence-corrected chi connectivity index (χ1v) is 5.70. The van der Waals surface area contributed by atoms with E-state index in [9.17, 15) is 4.79 Å². The Morgan fingerprint density at radius 3 is 2.82 bits per heavy atom. The molecule has 2 aromatic rings. The Kier molecular flexibility index (Phi) is 3.55. The predicted octanol–water partition coefficient (Wildman–Crippen LogP) is 2.22. The standard InChI is InChI=1S/C13H15N3O/c1-2-8-14-13(17)11-9-15-16-12(11)10-6-4-3-5-7-10/h3-7,9H,2,8H2,1H3,(H,14,17)(H,15,16). The predicted molar refractivity (Wildman–Crippen MR) is 66.6 cm³/mol. The van der Waals surface area contributed by atoms with Gasteiger partial charge in [-0.3, -0.25) is 9.89 Å². The summed E-state index contributed by atoms with van der Waals surface area (Å²) in [5.41, 5.74) is 2.32. The van der Waals surface area contributed by atoms with Gasteiger partial charge < -0.3 is 5.32 Å². The lowest BCUT2D eigenvalue weighted by Crippen LogP contribution is -2.24. The zero-order valence-corrected chi connectivity index (χ0v) is 9.73. The van der Waals surface area contributed by atoms with Crippen LogP contribution in [0.3, 0.4) is 0 Å². The van der Waals surface area contributed by atoms with Crippen molar-refractivity contribution in [2.75, 3.05) is 6.54 Å². The summed E-state index contributed by atoms with van der Waals surface area (Å²) in [4.78, 5) is 11.9. The Morgan fingerprint density at radius 1 is 1.35 bits per heavy atom. The van der Waals surface area contributed by atoms with Gasteiger partial charge in [0.2, 0.25) is 0 Å². The number of hydrogen-bond acceptors (Lipinski definition) is 2. The molecule has 0 bridgehead atoms. The van der Waals surface area contributed by atoms with E-state index < -0.39 is 0 Å². The molecule has 0 fully saturated rings. The highest BCUT2D eigenvalue weighted by molar-refractivity contribution is 5.99. The van der Waals surface area contributed by atoms with Crippen molar-refractivity contribution in [3.8, 4) is 11.3 Å². The fourth-order valence-electron chi connectivity index (χ4n) is 1.62. The molecule has 2 rings (SSSR count). The first kappa shape index (κ1) is 11.4. The number of carbonyl (C=O) groups is 1. The van der Waals surface area contributed by atoms with Gasteiger partial charge in [0.05, 0.1) is 17.5 Å². The quantitative estimate of drug-likeness (QED) is 0.844. The third-order valence-corrected chi connectivity index (χ3v) is 2.48. The van der Waals surface area contributed by atoms with Crippen molar-refractivity contribution < 1.29 is 4.79 Å². The molecule has 0 atom stereocenters. The lowest BCUT2D eigenvalue weighted by atomic mass is 10.1. The van der Waals surface area contributed by atoms with Crippen LogP contribution < -0.4 is 5.32 Å². The van der Waals surface area contributed by atoms with Crippen molar-refractivity contribution in [1.82, 2.24) is 15.5 Å². The minimum absolute atomic E-state index is 0.0838. The number of hydrogen-bond donors (Lipinski definition) is 2. The van der Waals surface area contributed by atoms with Crippen LogP contribution >= 0.6 is 0 Å². The van der Waals surface area contributed by atoms with Crippen LogP contribution in [0.2, 0.25) is 0 Å². The van der Waals surface area contributed by atoms with Gasteiger partial charge in [-0.25, -0.2) is 0 Å². The molecule has 0 spiro atoms. The van der Waals surface area contributed by atoms with Crippen molar-refractivity contribution >= 4 is 5.91 Å². The largest absolute Gasteiger partial charge is 0.352 e. The maximum atomic E-state index is 11.9. The molecule has 0 radical (unpaired) electrons. The average molecular weight is 229 g/mol.